The van der Waals surface area contributed by atoms with Crippen LogP contribution >= 0.6 is 0 Å². The van der Waals surface area contributed by atoms with E-state index >= 15 is 0 Å². The van der Waals surface area contributed by atoms with Gasteiger partial charge in [0, 0.05) is 0 Å². The average molecular weight is 790 g/mol. The van der Waals surface area contributed by atoms with Crippen LogP contribution in [0.2, 0.25) is 91.7 Å². The van der Waals surface area contributed by atoms with Crippen molar-refractivity contribution in [3.63, 3.8) is 0 Å². The third-order valence-electron chi connectivity index (χ3n) is 5.42. The van der Waals surface area contributed by atoms with Gasteiger partial charge in [-0.25, -0.2) is 0 Å². The highest BCUT2D eigenvalue weighted by Crippen LogP contribution is 2.23. The molecule has 0 unspecified atom stereocenters. The summed E-state index contributed by atoms with van der Waals surface area (Å²) in [4.78, 5) is 0. The molecule has 19 heteroatoms. The van der Waals surface area contributed by atoms with Gasteiger partial charge in [-0.1, -0.05) is 60.7 Å². The largest absolute Gasteiger partial charge is 0.436 e. The van der Waals surface area contributed by atoms with Crippen LogP contribution in [0.1, 0.15) is 0 Å². The first-order chi connectivity index (χ1) is 20.7. The van der Waals surface area contributed by atoms with Crippen molar-refractivity contribution >= 4 is 99.8 Å². The average Bonchev–Trinajstić information content (AvgIpc) is 2.86. The summed E-state index contributed by atoms with van der Waals surface area (Å²) in [5.41, 5.74) is 0. The standard InChI is InChI=1S/C26H52O9Si10/c1-36(28-38(3)30-40(5)32-42(7,8)9)27-37(2)29-39(4)31-41(6)33-44(13,14)35-45(34-43(10,11)12,25-21-17-15-18-22-25)26-23-19-16-20-24-26/h15-24H,1-14H3. The molecule has 45 heavy (non-hydrogen) atoms. The highest BCUT2D eigenvalue weighted by atomic mass is 28.5. The Labute approximate surface area is 287 Å². The summed E-state index contributed by atoms with van der Waals surface area (Å²) in [5, 5.41) is 2.15. The normalized spacial score (nSPS) is 13.8. The summed E-state index contributed by atoms with van der Waals surface area (Å²) < 4.78 is 57.8. The number of hydrogen-bond donors (Lipinski definition) is 0. The lowest BCUT2D eigenvalue weighted by Crippen LogP contribution is -2.70. The van der Waals surface area contributed by atoms with Crippen LogP contribution in [0.5, 0.6) is 0 Å². The van der Waals surface area contributed by atoms with Gasteiger partial charge in [-0.15, -0.1) is 0 Å². The Balaban J connectivity index is 2.03. The zero-order valence-corrected chi connectivity index (χ0v) is 39.4. The predicted molar refractivity (Wildman–Crippen MR) is 202 cm³/mol. The predicted octanol–water partition coefficient (Wildman–Crippen LogP) is 5.47. The van der Waals surface area contributed by atoms with Crippen LogP contribution in [-0.4, -0.2) is 89.5 Å². The minimum Gasteiger partial charge on any atom is -0.436 e. The Kier molecular flexibility index (Phi) is 16.8. The van der Waals surface area contributed by atoms with Gasteiger partial charge < -0.3 is 37.0 Å². The molecule has 2 rings (SSSR count). The van der Waals surface area contributed by atoms with E-state index < -0.39 is 89.5 Å². The van der Waals surface area contributed by atoms with E-state index in [1.54, 1.807) is 0 Å². The maximum atomic E-state index is 7.19. The fourth-order valence-electron chi connectivity index (χ4n) is 4.45. The molecule has 0 N–H and O–H groups in total. The van der Waals surface area contributed by atoms with Gasteiger partial charge >= 0.3 is 72.8 Å². The first kappa shape index (κ1) is 41.4. The third kappa shape index (κ3) is 16.0. The van der Waals surface area contributed by atoms with E-state index in [0.717, 1.165) is 10.4 Å². The van der Waals surface area contributed by atoms with Crippen molar-refractivity contribution in [1.29, 1.82) is 0 Å². The Morgan fingerprint density at radius 2 is 0.733 bits per heavy atom. The van der Waals surface area contributed by atoms with Gasteiger partial charge in [0.05, 0.1) is 0 Å². The Bertz CT molecular complexity index is 1090. The molecule has 2 aromatic carbocycles. The molecule has 250 valence electrons. The van der Waals surface area contributed by atoms with Gasteiger partial charge in [0.15, 0.2) is 16.6 Å². The van der Waals surface area contributed by atoms with E-state index in [-0.39, 0.29) is 0 Å². The van der Waals surface area contributed by atoms with Crippen LogP contribution in [0.3, 0.4) is 0 Å². The van der Waals surface area contributed by atoms with E-state index in [4.69, 9.17) is 37.0 Å². The Morgan fingerprint density at radius 1 is 0.400 bits per heavy atom. The van der Waals surface area contributed by atoms with Crippen molar-refractivity contribution in [2.45, 2.75) is 91.7 Å². The lowest BCUT2D eigenvalue weighted by molar-refractivity contribution is 0.301. The van der Waals surface area contributed by atoms with Crippen LogP contribution in [0.15, 0.2) is 60.7 Å². The fraction of sp³-hybridized carbons (Fsp3) is 0.538. The molecule has 0 aliphatic carbocycles. The second-order valence-corrected chi connectivity index (χ2v) is 39.7. The lowest BCUT2D eigenvalue weighted by atomic mass is 10.4. The Hall–Kier alpha value is 0.249. The summed E-state index contributed by atoms with van der Waals surface area (Å²) in [6.07, 6.45) is 0. The fourth-order valence-corrected chi connectivity index (χ4v) is 32.8. The van der Waals surface area contributed by atoms with Crippen LogP contribution in [0.25, 0.3) is 0 Å². The number of rotatable bonds is 20. The highest BCUT2D eigenvalue weighted by Gasteiger charge is 2.51. The van der Waals surface area contributed by atoms with Crippen LogP contribution < -0.4 is 10.4 Å². The number of benzene rings is 2. The molecule has 0 aromatic heterocycles. The molecule has 0 atom stereocenters. The van der Waals surface area contributed by atoms with Crippen molar-refractivity contribution < 1.29 is 37.0 Å². The molecule has 2 aromatic rings. The Morgan fingerprint density at radius 3 is 1.07 bits per heavy atom. The zero-order chi connectivity index (χ0) is 34.1. The summed E-state index contributed by atoms with van der Waals surface area (Å²) >= 11 is 0. The van der Waals surface area contributed by atoms with Gasteiger partial charge in [-0.3, -0.25) is 0 Å². The lowest BCUT2D eigenvalue weighted by Gasteiger charge is -2.42. The van der Waals surface area contributed by atoms with E-state index in [0.29, 0.717) is 0 Å². The second-order valence-electron chi connectivity index (χ2n) is 12.8. The van der Waals surface area contributed by atoms with Crippen molar-refractivity contribution in [2.75, 3.05) is 0 Å². The van der Waals surface area contributed by atoms with Gasteiger partial charge in [0.1, 0.15) is 0 Å². The molecule has 9 nitrogen and oxygen atoms in total. The van der Waals surface area contributed by atoms with Crippen LogP contribution in [0.4, 0.5) is 0 Å². The number of hydrogen-bond acceptors (Lipinski definition) is 9. The summed E-state index contributed by atoms with van der Waals surface area (Å²) in [6, 6.07) is 20.7. The highest BCUT2D eigenvalue weighted by molar-refractivity contribution is 7.02. The molecule has 0 aliphatic heterocycles. The van der Waals surface area contributed by atoms with Gasteiger partial charge in [0.2, 0.25) is 0 Å². The monoisotopic (exact) mass is 788 g/mol. The molecule has 0 amide bonds. The topological polar surface area (TPSA) is 83.1 Å². The smallest absolute Gasteiger partial charge is 0.388 e. The van der Waals surface area contributed by atoms with Crippen molar-refractivity contribution in [3.05, 3.63) is 60.7 Å². The first-order valence-electron chi connectivity index (χ1n) is 15.0. The SMILES string of the molecule is C[Si](O[Si](C)O[Si](C)O[Si](C)O[Si](C)(C)O[Si](O[Si](C)(C)C)(c1ccccc1)c1ccccc1)O[Si](C)O[Si](C)O[Si](C)(C)C. The molecule has 0 fully saturated rings. The second kappa shape index (κ2) is 18.3. The molecule has 0 saturated carbocycles. The van der Waals surface area contributed by atoms with Crippen molar-refractivity contribution in [3.8, 4) is 0 Å². The molecule has 0 aliphatic rings. The van der Waals surface area contributed by atoms with E-state index in [1.807, 2.05) is 75.7 Å². The maximum absolute atomic E-state index is 7.19. The zero-order valence-electron chi connectivity index (χ0n) is 29.4. The van der Waals surface area contributed by atoms with Crippen molar-refractivity contribution in [1.82, 2.24) is 0 Å². The van der Waals surface area contributed by atoms with E-state index in [2.05, 4.69) is 76.6 Å². The van der Waals surface area contributed by atoms with Gasteiger partial charge in [-0.05, 0) is 102 Å². The molecule has 0 heterocycles. The molecule has 0 bridgehead atoms. The van der Waals surface area contributed by atoms with E-state index in [1.165, 1.54) is 0 Å². The summed E-state index contributed by atoms with van der Waals surface area (Å²) in [7, 11) is -18.8. The van der Waals surface area contributed by atoms with E-state index in [9.17, 15) is 0 Å². The first-order valence-corrected chi connectivity index (χ1v) is 37.3. The quantitative estimate of drug-likeness (QED) is 0.162. The minimum atomic E-state index is -3.11. The minimum absolute atomic E-state index is 1.08. The third-order valence-corrected chi connectivity index (χ3v) is 32.5. The van der Waals surface area contributed by atoms with Crippen molar-refractivity contribution in [2.24, 2.45) is 0 Å². The van der Waals surface area contributed by atoms with Crippen LogP contribution in [-0.2, 0) is 37.0 Å². The molecule has 0 saturated heterocycles. The summed E-state index contributed by atoms with van der Waals surface area (Å²) in [6.45, 7) is 29.2. The molecular formula is C26H52O9Si10. The summed E-state index contributed by atoms with van der Waals surface area (Å²) in [5.74, 6) is 0. The van der Waals surface area contributed by atoms with Crippen LogP contribution in [0, 0.1) is 0 Å². The molecular weight excluding hydrogens is 737 g/mol. The maximum Gasteiger partial charge on any atom is 0.388 e. The molecule has 0 spiro atoms. The molecule has 6 radical (unpaired) electrons. The van der Waals surface area contributed by atoms with Gasteiger partial charge in [-0.2, -0.15) is 0 Å². The van der Waals surface area contributed by atoms with Gasteiger partial charge in [0.25, 0.3) is 0 Å².